The molecule has 0 unspecified atom stereocenters. The predicted molar refractivity (Wildman–Crippen MR) is 110 cm³/mol. The number of alkyl carbamates (subject to hydrolysis) is 1. The van der Waals surface area contributed by atoms with E-state index >= 15 is 0 Å². The van der Waals surface area contributed by atoms with E-state index in [0.29, 0.717) is 25.5 Å². The summed E-state index contributed by atoms with van der Waals surface area (Å²) in [5, 5.41) is 8.76. The fourth-order valence-corrected chi connectivity index (χ4v) is 1.72. The third kappa shape index (κ3) is 18.2. The van der Waals surface area contributed by atoms with Crippen molar-refractivity contribution in [2.45, 2.75) is 58.4 Å². The van der Waals surface area contributed by atoms with Crippen molar-refractivity contribution in [3.8, 4) is 0 Å². The summed E-state index contributed by atoms with van der Waals surface area (Å²) >= 11 is 0. The highest BCUT2D eigenvalue weighted by Crippen LogP contribution is 2.14. The van der Waals surface area contributed by atoms with E-state index in [9.17, 15) is 18.0 Å². The summed E-state index contributed by atoms with van der Waals surface area (Å²) in [6, 6.07) is 0. The quantitative estimate of drug-likeness (QED) is 0.202. The van der Waals surface area contributed by atoms with Gasteiger partial charge < -0.3 is 25.4 Å². The molecule has 3 N–H and O–H groups in total. The molecule has 0 heterocycles. The molecule has 0 atom stereocenters. The zero-order valence-corrected chi connectivity index (χ0v) is 19.1. The normalized spacial score (nSPS) is 12.9. The maximum Gasteiger partial charge on any atom is 0.411 e. The van der Waals surface area contributed by atoms with E-state index in [4.69, 9.17) is 4.74 Å². The van der Waals surface area contributed by atoms with E-state index in [2.05, 4.69) is 25.7 Å². The van der Waals surface area contributed by atoms with Crippen LogP contribution in [0.5, 0.6) is 0 Å². The van der Waals surface area contributed by atoms with E-state index in [0.717, 1.165) is 0 Å². The lowest BCUT2D eigenvalue weighted by Crippen LogP contribution is -2.54. The molecule has 0 fully saturated rings. The Kier molecular flexibility index (Phi) is 13.0. The average molecular weight is 512 g/mol. The highest BCUT2D eigenvalue weighted by atomic mass is 127. The summed E-state index contributed by atoms with van der Waals surface area (Å²) in [7, 11) is 1.57. The van der Waals surface area contributed by atoms with Gasteiger partial charge in [-0.3, -0.25) is 4.99 Å². The Balaban J connectivity index is 0. The number of halogens is 4. The maximum atomic E-state index is 11.9. The molecule has 0 bridgehead atoms. The van der Waals surface area contributed by atoms with Gasteiger partial charge in [-0.15, -0.1) is 24.0 Å². The largest absolute Gasteiger partial charge is 0.444 e. The maximum absolute atomic E-state index is 11.9. The molecular weight excluding hydrogens is 480 g/mol. The van der Waals surface area contributed by atoms with Crippen LogP contribution in [0, 0.1) is 0 Å². The number of carbonyl (C=O) groups is 1. The monoisotopic (exact) mass is 512 g/mol. The highest BCUT2D eigenvalue weighted by molar-refractivity contribution is 14.0. The first-order valence-corrected chi connectivity index (χ1v) is 8.34. The van der Waals surface area contributed by atoms with Crippen molar-refractivity contribution >= 4 is 36.0 Å². The van der Waals surface area contributed by atoms with Crippen LogP contribution in [0.3, 0.4) is 0 Å². The Morgan fingerprint density at radius 3 is 2.15 bits per heavy atom. The van der Waals surface area contributed by atoms with Crippen LogP contribution in [0.25, 0.3) is 0 Å². The third-order valence-electron chi connectivity index (χ3n) is 2.78. The molecule has 1 amide bonds. The average Bonchev–Trinajstić information content (AvgIpc) is 2.41. The van der Waals surface area contributed by atoms with Gasteiger partial charge in [-0.2, -0.15) is 13.2 Å². The molecule has 7 nitrogen and oxygen atoms in total. The number of guanidine groups is 1. The lowest BCUT2D eigenvalue weighted by Gasteiger charge is -2.29. The summed E-state index contributed by atoms with van der Waals surface area (Å²) in [5.41, 5.74) is -1.19. The molecule has 0 saturated heterocycles. The first kappa shape index (κ1) is 28.2. The van der Waals surface area contributed by atoms with Crippen LogP contribution in [0.1, 0.15) is 41.0 Å². The molecule has 0 aromatic carbocycles. The number of amides is 1. The number of ether oxygens (including phenoxy) is 2. The van der Waals surface area contributed by atoms with Crippen molar-refractivity contribution in [2.24, 2.45) is 4.99 Å². The zero-order chi connectivity index (χ0) is 20.4. The van der Waals surface area contributed by atoms with Gasteiger partial charge in [-0.1, -0.05) is 0 Å². The standard InChI is InChI=1S/C16H31F3N4O3.HI/c1-14(2,3)26-13(24)23-15(4,5)10-22-12(20-6)21-8-7-9-25-11-16(17,18)19;/h7-11H2,1-6H3,(H,23,24)(H2,20,21,22);1H. The fraction of sp³-hybridized carbons (Fsp3) is 0.875. The van der Waals surface area contributed by atoms with Gasteiger partial charge >= 0.3 is 12.3 Å². The van der Waals surface area contributed by atoms with E-state index in [1.807, 2.05) is 13.8 Å². The number of hydrogen-bond donors (Lipinski definition) is 3. The highest BCUT2D eigenvalue weighted by Gasteiger charge is 2.27. The molecular formula is C16H32F3IN4O3. The molecule has 0 aliphatic rings. The molecule has 27 heavy (non-hydrogen) atoms. The first-order chi connectivity index (χ1) is 11.7. The van der Waals surface area contributed by atoms with Gasteiger partial charge in [-0.05, 0) is 41.0 Å². The first-order valence-electron chi connectivity index (χ1n) is 8.34. The molecule has 0 aliphatic carbocycles. The van der Waals surface area contributed by atoms with Gasteiger partial charge in [0.1, 0.15) is 12.2 Å². The second-order valence-electron chi connectivity index (χ2n) is 7.38. The van der Waals surface area contributed by atoms with Gasteiger partial charge in [0.25, 0.3) is 0 Å². The molecule has 0 spiro atoms. The van der Waals surface area contributed by atoms with Crippen molar-refractivity contribution in [3.05, 3.63) is 0 Å². The van der Waals surface area contributed by atoms with Gasteiger partial charge in [0.2, 0.25) is 0 Å². The van der Waals surface area contributed by atoms with Crippen LogP contribution in [-0.2, 0) is 9.47 Å². The Labute approximate surface area is 176 Å². The Morgan fingerprint density at radius 2 is 1.67 bits per heavy atom. The van der Waals surface area contributed by atoms with E-state index in [1.165, 1.54) is 0 Å². The second-order valence-corrected chi connectivity index (χ2v) is 7.38. The van der Waals surface area contributed by atoms with Crippen LogP contribution < -0.4 is 16.0 Å². The number of aliphatic imine (C=N–C) groups is 1. The minimum absolute atomic E-state index is 0. The fourth-order valence-electron chi connectivity index (χ4n) is 1.72. The SMILES string of the molecule is CN=C(NCCCOCC(F)(F)F)NCC(C)(C)NC(=O)OC(C)(C)C.I. The topological polar surface area (TPSA) is 84.0 Å². The van der Waals surface area contributed by atoms with E-state index in [-0.39, 0.29) is 30.6 Å². The zero-order valence-electron chi connectivity index (χ0n) is 16.7. The van der Waals surface area contributed by atoms with Crippen LogP contribution in [0.4, 0.5) is 18.0 Å². The number of carbonyl (C=O) groups excluding carboxylic acids is 1. The van der Waals surface area contributed by atoms with Gasteiger partial charge in [0, 0.05) is 26.7 Å². The van der Waals surface area contributed by atoms with Crippen LogP contribution >= 0.6 is 24.0 Å². The van der Waals surface area contributed by atoms with Crippen LogP contribution in [0.2, 0.25) is 0 Å². The van der Waals surface area contributed by atoms with Crippen LogP contribution in [0.15, 0.2) is 4.99 Å². The van der Waals surface area contributed by atoms with Gasteiger partial charge in [0.15, 0.2) is 5.96 Å². The van der Waals surface area contributed by atoms with Crippen molar-refractivity contribution in [2.75, 3.05) is 33.4 Å². The van der Waals surface area contributed by atoms with Crippen LogP contribution in [-0.4, -0.2) is 62.7 Å². The Hall–Kier alpha value is -0.980. The minimum atomic E-state index is -4.31. The summed E-state index contributed by atoms with van der Waals surface area (Å²) in [6.07, 6.45) is -4.43. The Bertz CT molecular complexity index is 467. The molecule has 0 radical (unpaired) electrons. The number of nitrogens with one attached hydrogen (secondary N) is 3. The van der Waals surface area contributed by atoms with Crippen molar-refractivity contribution in [1.82, 2.24) is 16.0 Å². The van der Waals surface area contributed by atoms with E-state index < -0.39 is 30.0 Å². The summed E-state index contributed by atoms with van der Waals surface area (Å²) < 4.78 is 45.5. The van der Waals surface area contributed by atoms with Gasteiger partial charge in [-0.25, -0.2) is 4.79 Å². The lowest BCUT2D eigenvalue weighted by molar-refractivity contribution is -0.173. The smallest absolute Gasteiger partial charge is 0.411 e. The molecule has 0 aromatic heterocycles. The Morgan fingerprint density at radius 1 is 1.07 bits per heavy atom. The predicted octanol–water partition coefficient (Wildman–Crippen LogP) is 3.04. The molecule has 162 valence electrons. The molecule has 0 saturated carbocycles. The summed E-state index contributed by atoms with van der Waals surface area (Å²) in [5.74, 6) is 0.472. The van der Waals surface area contributed by atoms with Crippen molar-refractivity contribution in [3.63, 3.8) is 0 Å². The second kappa shape index (κ2) is 12.5. The lowest BCUT2D eigenvalue weighted by atomic mass is 10.1. The van der Waals surface area contributed by atoms with Crippen molar-refractivity contribution < 1.29 is 27.4 Å². The number of hydrogen-bond acceptors (Lipinski definition) is 4. The summed E-state index contributed by atoms with van der Waals surface area (Å²) in [6.45, 7) is 8.50. The van der Waals surface area contributed by atoms with Gasteiger partial charge in [0.05, 0.1) is 5.54 Å². The third-order valence-corrected chi connectivity index (χ3v) is 2.78. The number of rotatable bonds is 8. The summed E-state index contributed by atoms with van der Waals surface area (Å²) in [4.78, 5) is 15.8. The molecule has 11 heteroatoms. The minimum Gasteiger partial charge on any atom is -0.444 e. The number of nitrogens with zero attached hydrogens (tertiary/aromatic N) is 1. The molecule has 0 aliphatic heterocycles. The molecule has 0 aromatic rings. The van der Waals surface area contributed by atoms with E-state index in [1.54, 1.807) is 27.8 Å². The number of alkyl halides is 3. The molecule has 0 rings (SSSR count). The van der Waals surface area contributed by atoms with Crippen molar-refractivity contribution in [1.29, 1.82) is 0 Å².